The molecule has 1 atom stereocenters. The van der Waals surface area contributed by atoms with E-state index in [1.54, 1.807) is 6.08 Å². The van der Waals surface area contributed by atoms with E-state index in [-0.39, 0.29) is 5.91 Å². The molecule has 0 heterocycles. The van der Waals surface area contributed by atoms with Crippen molar-refractivity contribution in [3.05, 3.63) is 48.1 Å². The van der Waals surface area contributed by atoms with Crippen LogP contribution in [0.4, 0.5) is 0 Å². The van der Waals surface area contributed by atoms with E-state index in [4.69, 9.17) is 0 Å². The first-order valence-corrected chi connectivity index (χ1v) is 6.90. The average Bonchev–Trinajstić information content (AvgIpc) is 3.16. The lowest BCUT2D eigenvalue weighted by Gasteiger charge is -2.09. The zero-order chi connectivity index (χ0) is 14.4. The lowest BCUT2D eigenvalue weighted by molar-refractivity contribution is -0.117. The van der Waals surface area contributed by atoms with Crippen LogP contribution in [0.15, 0.2) is 48.1 Å². The van der Waals surface area contributed by atoms with Crippen molar-refractivity contribution in [2.75, 3.05) is 0 Å². The number of rotatable bonds is 7. The molecule has 0 aromatic heterocycles. The predicted octanol–water partition coefficient (Wildman–Crippen LogP) is 3.93. The molecule has 1 N–H and O–H groups in total. The number of hydrogen-bond donors (Lipinski definition) is 1. The summed E-state index contributed by atoms with van der Waals surface area (Å²) in [6, 6.07) is 0.373. The van der Waals surface area contributed by atoms with Crippen LogP contribution in [0.3, 0.4) is 0 Å². The fourth-order valence-electron chi connectivity index (χ4n) is 1.52. The summed E-state index contributed by atoms with van der Waals surface area (Å²) in [7, 11) is 0. The predicted molar refractivity (Wildman–Crippen MR) is 81.8 cm³/mol. The molecule has 19 heavy (non-hydrogen) atoms. The topological polar surface area (TPSA) is 29.1 Å². The van der Waals surface area contributed by atoms with E-state index in [9.17, 15) is 4.79 Å². The van der Waals surface area contributed by atoms with Crippen molar-refractivity contribution in [3.63, 3.8) is 0 Å². The third kappa shape index (κ3) is 6.23. The van der Waals surface area contributed by atoms with Crippen molar-refractivity contribution in [1.82, 2.24) is 5.32 Å². The van der Waals surface area contributed by atoms with E-state index < -0.39 is 0 Å². The van der Waals surface area contributed by atoms with Crippen molar-refractivity contribution in [3.8, 4) is 0 Å². The first kappa shape index (κ1) is 15.5. The monoisotopic (exact) mass is 259 g/mol. The molecule has 0 bridgehead atoms. The highest BCUT2D eigenvalue weighted by atomic mass is 16.1. The van der Waals surface area contributed by atoms with Gasteiger partial charge in [-0.05, 0) is 45.1 Å². The summed E-state index contributed by atoms with van der Waals surface area (Å²) in [4.78, 5) is 11.7. The summed E-state index contributed by atoms with van der Waals surface area (Å²) in [6.45, 7) is 14.2. The third-order valence-electron chi connectivity index (χ3n) is 3.22. The Balaban J connectivity index is 2.40. The highest BCUT2D eigenvalue weighted by molar-refractivity contribution is 5.95. The summed E-state index contributed by atoms with van der Waals surface area (Å²) < 4.78 is 0. The van der Waals surface area contributed by atoms with E-state index in [1.807, 2.05) is 6.08 Å². The van der Waals surface area contributed by atoms with Crippen LogP contribution < -0.4 is 5.32 Å². The average molecular weight is 259 g/mol. The minimum atomic E-state index is -0.0662. The standard InChI is InChI=1S/C17H25NO/c1-12(2)6-7-13(3)14(4)8-9-15(5)17(19)18-16-10-11-16/h6,8-9,13,16H,4-5,7,10-11H2,1-3H3,(H,18,19). The summed E-state index contributed by atoms with van der Waals surface area (Å²) >= 11 is 0. The van der Waals surface area contributed by atoms with Gasteiger partial charge in [-0.1, -0.05) is 43.4 Å². The second kappa shape index (κ2) is 7.13. The molecule has 1 unspecified atom stereocenters. The van der Waals surface area contributed by atoms with Crippen LogP contribution in [0.5, 0.6) is 0 Å². The molecule has 2 nitrogen and oxygen atoms in total. The minimum Gasteiger partial charge on any atom is -0.349 e. The number of allylic oxidation sites excluding steroid dienone is 4. The molecule has 0 radical (unpaired) electrons. The van der Waals surface area contributed by atoms with E-state index in [2.05, 4.69) is 45.3 Å². The molecule has 2 heteroatoms. The molecule has 0 aromatic carbocycles. The van der Waals surface area contributed by atoms with Crippen molar-refractivity contribution in [2.45, 2.75) is 46.1 Å². The molecule has 1 saturated carbocycles. The third-order valence-corrected chi connectivity index (χ3v) is 3.22. The maximum absolute atomic E-state index is 11.7. The van der Waals surface area contributed by atoms with Crippen LogP contribution in [0.1, 0.15) is 40.0 Å². The highest BCUT2D eigenvalue weighted by Gasteiger charge is 2.23. The van der Waals surface area contributed by atoms with Gasteiger partial charge in [0.05, 0.1) is 0 Å². The van der Waals surface area contributed by atoms with E-state index in [0.717, 1.165) is 24.8 Å². The highest BCUT2D eigenvalue weighted by Crippen LogP contribution is 2.19. The van der Waals surface area contributed by atoms with Gasteiger partial charge in [-0.3, -0.25) is 4.79 Å². The normalized spacial score (nSPS) is 15.9. The SMILES string of the molecule is C=C(C=CC(=C)C(C)CC=C(C)C)C(=O)NC1CC1. The van der Waals surface area contributed by atoms with Gasteiger partial charge in [0.1, 0.15) is 0 Å². The quantitative estimate of drug-likeness (QED) is 0.419. The van der Waals surface area contributed by atoms with Crippen LogP contribution in [-0.2, 0) is 4.79 Å². The number of carbonyl (C=O) groups is 1. The van der Waals surface area contributed by atoms with Gasteiger partial charge in [0.2, 0.25) is 0 Å². The van der Waals surface area contributed by atoms with Gasteiger partial charge < -0.3 is 5.32 Å². The second-order valence-electron chi connectivity index (χ2n) is 5.60. The smallest absolute Gasteiger partial charge is 0.250 e. The zero-order valence-corrected chi connectivity index (χ0v) is 12.3. The number of carbonyl (C=O) groups excluding carboxylic acids is 1. The Morgan fingerprint density at radius 1 is 1.32 bits per heavy atom. The maximum atomic E-state index is 11.7. The zero-order valence-electron chi connectivity index (χ0n) is 12.3. The Bertz CT molecular complexity index is 421. The Kier molecular flexibility index (Phi) is 5.81. The van der Waals surface area contributed by atoms with Crippen LogP contribution in [0.2, 0.25) is 0 Å². The number of amides is 1. The Labute approximate surface area is 117 Å². The van der Waals surface area contributed by atoms with Crippen molar-refractivity contribution in [2.24, 2.45) is 5.92 Å². The minimum absolute atomic E-state index is 0.0662. The second-order valence-corrected chi connectivity index (χ2v) is 5.60. The molecule has 1 rings (SSSR count). The molecule has 0 aromatic rings. The first-order valence-electron chi connectivity index (χ1n) is 6.90. The van der Waals surface area contributed by atoms with E-state index in [1.165, 1.54) is 5.57 Å². The molecule has 1 amide bonds. The van der Waals surface area contributed by atoms with Crippen LogP contribution in [-0.4, -0.2) is 11.9 Å². The molecule has 104 valence electrons. The van der Waals surface area contributed by atoms with Crippen LogP contribution in [0.25, 0.3) is 0 Å². The van der Waals surface area contributed by atoms with Gasteiger partial charge in [0.25, 0.3) is 5.91 Å². The van der Waals surface area contributed by atoms with Gasteiger partial charge in [-0.2, -0.15) is 0 Å². The largest absolute Gasteiger partial charge is 0.349 e. The lowest BCUT2D eigenvalue weighted by atomic mass is 9.97. The molecule has 1 aliphatic carbocycles. The lowest BCUT2D eigenvalue weighted by Crippen LogP contribution is -2.25. The van der Waals surface area contributed by atoms with E-state index >= 15 is 0 Å². The Morgan fingerprint density at radius 3 is 2.47 bits per heavy atom. The number of hydrogen-bond acceptors (Lipinski definition) is 1. The summed E-state index contributed by atoms with van der Waals surface area (Å²) in [5.41, 5.74) is 2.84. The van der Waals surface area contributed by atoms with Gasteiger partial charge >= 0.3 is 0 Å². The van der Waals surface area contributed by atoms with Gasteiger partial charge in [-0.25, -0.2) is 0 Å². The van der Waals surface area contributed by atoms with Gasteiger partial charge in [0.15, 0.2) is 0 Å². The van der Waals surface area contributed by atoms with Crippen LogP contribution >= 0.6 is 0 Å². The molecule has 1 fully saturated rings. The van der Waals surface area contributed by atoms with Crippen molar-refractivity contribution < 1.29 is 4.79 Å². The maximum Gasteiger partial charge on any atom is 0.250 e. The molecular weight excluding hydrogens is 234 g/mol. The molecule has 0 saturated heterocycles. The fourth-order valence-corrected chi connectivity index (χ4v) is 1.52. The fraction of sp³-hybridized carbons (Fsp3) is 0.471. The summed E-state index contributed by atoms with van der Waals surface area (Å²) in [5.74, 6) is 0.314. The Hall–Kier alpha value is -1.57. The van der Waals surface area contributed by atoms with Gasteiger partial charge in [0, 0.05) is 11.6 Å². The molecular formula is C17H25NO. The van der Waals surface area contributed by atoms with Crippen LogP contribution in [0, 0.1) is 5.92 Å². The van der Waals surface area contributed by atoms with E-state index in [0.29, 0.717) is 17.5 Å². The van der Waals surface area contributed by atoms with Gasteiger partial charge in [-0.15, -0.1) is 0 Å². The first-order chi connectivity index (χ1) is 8.90. The van der Waals surface area contributed by atoms with Crippen molar-refractivity contribution in [1.29, 1.82) is 0 Å². The summed E-state index contributed by atoms with van der Waals surface area (Å²) in [6.07, 6.45) is 9.03. The number of nitrogens with one attached hydrogen (secondary N) is 1. The summed E-state index contributed by atoms with van der Waals surface area (Å²) in [5, 5.41) is 2.92. The molecule has 0 spiro atoms. The molecule has 1 aliphatic rings. The Morgan fingerprint density at radius 2 is 1.95 bits per heavy atom. The van der Waals surface area contributed by atoms with Crippen molar-refractivity contribution >= 4 is 5.91 Å². The molecule has 0 aliphatic heterocycles.